The smallest absolute Gasteiger partial charge is 0.335 e. The molecule has 0 spiro atoms. The number of halogens is 1. The highest BCUT2D eigenvalue weighted by atomic mass is 35.5. The Balaban J connectivity index is 1.61. The van der Waals surface area contributed by atoms with Crippen molar-refractivity contribution in [1.82, 2.24) is 4.90 Å². The van der Waals surface area contributed by atoms with Crippen LogP contribution in [0, 0.1) is 0 Å². The highest BCUT2D eigenvalue weighted by Crippen LogP contribution is 2.33. The zero-order chi connectivity index (χ0) is 28.1. The third kappa shape index (κ3) is 6.19. The minimum atomic E-state index is -1.00. The molecule has 9 nitrogen and oxygen atoms in total. The number of carbonyl (C=O) groups excluding carboxylic acids is 2. The van der Waals surface area contributed by atoms with E-state index in [2.05, 4.69) is 0 Å². The summed E-state index contributed by atoms with van der Waals surface area (Å²) in [4.78, 5) is 39.4. The molecule has 0 atom stereocenters. The Bertz CT molecular complexity index is 1460. The molecule has 0 radical (unpaired) electrons. The van der Waals surface area contributed by atoms with Gasteiger partial charge in [-0.15, -0.1) is 0 Å². The summed E-state index contributed by atoms with van der Waals surface area (Å²) < 4.78 is 16.2. The lowest BCUT2D eigenvalue weighted by Gasteiger charge is -2.19. The SMILES string of the molecule is COC(=O)CN1C(=S)N(c2ccc(Cl)cc2)C(=O)/C1=C/c1ccc(OCc2ccc(C(=O)O)cc2)c(OC)c1. The van der Waals surface area contributed by atoms with Gasteiger partial charge >= 0.3 is 11.9 Å². The van der Waals surface area contributed by atoms with Crippen LogP contribution in [0.25, 0.3) is 6.08 Å². The van der Waals surface area contributed by atoms with Crippen molar-refractivity contribution in [3.63, 3.8) is 0 Å². The first-order valence-electron chi connectivity index (χ1n) is 11.5. The maximum Gasteiger partial charge on any atom is 0.335 e. The molecule has 1 saturated heterocycles. The van der Waals surface area contributed by atoms with Crippen molar-refractivity contribution in [3.05, 3.63) is 94.1 Å². The fraction of sp³-hybridized carbons (Fsp3) is 0.143. The highest BCUT2D eigenvalue weighted by molar-refractivity contribution is 7.80. The summed E-state index contributed by atoms with van der Waals surface area (Å²) in [5.41, 5.74) is 2.24. The Morgan fingerprint density at radius 3 is 2.31 bits per heavy atom. The maximum absolute atomic E-state index is 13.5. The average molecular weight is 567 g/mol. The van der Waals surface area contributed by atoms with Crippen LogP contribution in [0.1, 0.15) is 21.5 Å². The minimum Gasteiger partial charge on any atom is -0.493 e. The number of anilines is 1. The predicted octanol–water partition coefficient (Wildman–Crippen LogP) is 4.77. The van der Waals surface area contributed by atoms with Crippen LogP contribution in [-0.4, -0.2) is 53.7 Å². The number of carboxylic acids is 1. The summed E-state index contributed by atoms with van der Waals surface area (Å²) in [5, 5.41) is 9.68. The van der Waals surface area contributed by atoms with Gasteiger partial charge in [0.05, 0.1) is 25.5 Å². The lowest BCUT2D eigenvalue weighted by Crippen LogP contribution is -2.35. The molecule has 0 aromatic heterocycles. The van der Waals surface area contributed by atoms with Crippen molar-refractivity contribution in [2.75, 3.05) is 25.7 Å². The molecular weight excluding hydrogens is 544 g/mol. The number of methoxy groups -OCH3 is 2. The van der Waals surface area contributed by atoms with Crippen molar-refractivity contribution in [1.29, 1.82) is 0 Å². The number of hydrogen-bond donors (Lipinski definition) is 1. The Kier molecular flexibility index (Phi) is 8.48. The monoisotopic (exact) mass is 566 g/mol. The van der Waals surface area contributed by atoms with Crippen LogP contribution in [0.4, 0.5) is 5.69 Å². The number of carbonyl (C=O) groups is 3. The first kappa shape index (κ1) is 27.6. The second kappa shape index (κ2) is 12.0. The van der Waals surface area contributed by atoms with E-state index < -0.39 is 17.8 Å². The molecule has 3 aromatic rings. The molecule has 11 heteroatoms. The number of hydrogen-bond acceptors (Lipinski definition) is 7. The van der Waals surface area contributed by atoms with Crippen LogP contribution in [0.3, 0.4) is 0 Å². The third-order valence-electron chi connectivity index (χ3n) is 5.82. The van der Waals surface area contributed by atoms with Crippen molar-refractivity contribution in [2.24, 2.45) is 0 Å². The molecule has 1 N–H and O–H groups in total. The van der Waals surface area contributed by atoms with Crippen LogP contribution in [0.5, 0.6) is 11.5 Å². The molecule has 1 aliphatic heterocycles. The molecule has 1 heterocycles. The van der Waals surface area contributed by atoms with Gasteiger partial charge in [0.2, 0.25) is 0 Å². The number of ether oxygens (including phenoxy) is 3. The van der Waals surface area contributed by atoms with E-state index in [0.29, 0.717) is 27.8 Å². The minimum absolute atomic E-state index is 0.125. The molecule has 1 fully saturated rings. The molecule has 1 aliphatic rings. The molecule has 200 valence electrons. The van der Waals surface area contributed by atoms with Gasteiger partial charge in [-0.3, -0.25) is 14.5 Å². The van der Waals surface area contributed by atoms with Crippen LogP contribution in [-0.2, 0) is 20.9 Å². The van der Waals surface area contributed by atoms with Crippen molar-refractivity contribution < 1.29 is 33.7 Å². The summed E-state index contributed by atoms with van der Waals surface area (Å²) in [7, 11) is 2.75. The zero-order valence-electron chi connectivity index (χ0n) is 20.9. The normalized spacial score (nSPS) is 14.1. The fourth-order valence-corrected chi connectivity index (χ4v) is 4.28. The number of aromatic carboxylic acids is 1. The lowest BCUT2D eigenvalue weighted by atomic mass is 10.1. The van der Waals surface area contributed by atoms with E-state index in [4.69, 9.17) is 43.1 Å². The Hall–Kier alpha value is -4.41. The molecule has 3 aromatic carbocycles. The van der Waals surface area contributed by atoms with Gasteiger partial charge in [0.25, 0.3) is 5.91 Å². The number of amides is 1. The molecule has 0 bridgehead atoms. The molecule has 4 rings (SSSR count). The van der Waals surface area contributed by atoms with Gasteiger partial charge in [0, 0.05) is 5.02 Å². The first-order chi connectivity index (χ1) is 18.7. The largest absolute Gasteiger partial charge is 0.493 e. The van der Waals surface area contributed by atoms with Gasteiger partial charge in [0.15, 0.2) is 16.6 Å². The summed E-state index contributed by atoms with van der Waals surface area (Å²) in [5.74, 6) is -1.13. The van der Waals surface area contributed by atoms with Gasteiger partial charge in [0.1, 0.15) is 18.8 Å². The van der Waals surface area contributed by atoms with Gasteiger partial charge in [-0.1, -0.05) is 29.8 Å². The third-order valence-corrected chi connectivity index (χ3v) is 6.48. The van der Waals surface area contributed by atoms with E-state index in [1.54, 1.807) is 60.7 Å². The Labute approximate surface area is 234 Å². The van der Waals surface area contributed by atoms with E-state index in [0.717, 1.165) is 5.56 Å². The lowest BCUT2D eigenvalue weighted by molar-refractivity contribution is -0.140. The Morgan fingerprint density at radius 1 is 1.00 bits per heavy atom. The Morgan fingerprint density at radius 2 is 1.69 bits per heavy atom. The van der Waals surface area contributed by atoms with Gasteiger partial charge in [-0.05, 0) is 78.0 Å². The predicted molar refractivity (Wildman–Crippen MR) is 149 cm³/mol. The molecule has 0 aliphatic carbocycles. The second-order valence-electron chi connectivity index (χ2n) is 8.29. The van der Waals surface area contributed by atoms with Gasteiger partial charge in [-0.25, -0.2) is 4.79 Å². The number of nitrogens with zero attached hydrogens (tertiary/aromatic N) is 2. The molecule has 0 unspecified atom stereocenters. The number of thiocarbonyl (C=S) groups is 1. The number of benzene rings is 3. The van der Waals surface area contributed by atoms with Crippen molar-refractivity contribution >= 4 is 58.5 Å². The van der Waals surface area contributed by atoms with Crippen molar-refractivity contribution in [3.8, 4) is 11.5 Å². The fourth-order valence-electron chi connectivity index (χ4n) is 3.80. The molecule has 0 saturated carbocycles. The van der Waals surface area contributed by atoms with Crippen LogP contribution < -0.4 is 14.4 Å². The number of rotatable bonds is 9. The van der Waals surface area contributed by atoms with E-state index in [1.807, 2.05) is 0 Å². The average Bonchev–Trinajstić information content (AvgIpc) is 3.16. The van der Waals surface area contributed by atoms with E-state index in [-0.39, 0.29) is 29.5 Å². The van der Waals surface area contributed by atoms with E-state index >= 15 is 0 Å². The zero-order valence-corrected chi connectivity index (χ0v) is 22.5. The summed E-state index contributed by atoms with van der Waals surface area (Å²) in [6, 6.07) is 18.1. The van der Waals surface area contributed by atoms with Gasteiger partial charge < -0.3 is 24.2 Å². The van der Waals surface area contributed by atoms with Crippen LogP contribution in [0.2, 0.25) is 5.02 Å². The van der Waals surface area contributed by atoms with Crippen LogP contribution >= 0.6 is 23.8 Å². The molecule has 39 heavy (non-hydrogen) atoms. The molecule has 1 amide bonds. The van der Waals surface area contributed by atoms with Gasteiger partial charge in [-0.2, -0.15) is 0 Å². The maximum atomic E-state index is 13.5. The topological polar surface area (TPSA) is 106 Å². The standard InChI is InChI=1S/C28H23ClN2O7S/c1-36-24-14-18(5-12-23(24)38-16-17-3-6-19(7-4-17)27(34)35)13-22-26(33)31(21-10-8-20(29)9-11-21)28(39)30(22)15-25(32)37-2/h3-14H,15-16H2,1-2H3,(H,34,35)/b22-13-. The quantitative estimate of drug-likeness (QED) is 0.223. The summed E-state index contributed by atoms with van der Waals surface area (Å²) >= 11 is 11.6. The molecular formula is C28H23ClN2O7S. The summed E-state index contributed by atoms with van der Waals surface area (Å²) in [6.45, 7) is -0.0671. The number of carboxylic acid groups (broad SMARTS) is 1. The summed E-state index contributed by atoms with van der Waals surface area (Å²) in [6.07, 6.45) is 1.60. The first-order valence-corrected chi connectivity index (χ1v) is 12.3. The van der Waals surface area contributed by atoms with Crippen molar-refractivity contribution in [2.45, 2.75) is 6.61 Å². The number of esters is 1. The second-order valence-corrected chi connectivity index (χ2v) is 9.09. The van der Waals surface area contributed by atoms with Crippen LogP contribution in [0.15, 0.2) is 72.4 Å². The highest BCUT2D eigenvalue weighted by Gasteiger charge is 2.40. The van der Waals surface area contributed by atoms with E-state index in [9.17, 15) is 14.4 Å². The van der Waals surface area contributed by atoms with E-state index in [1.165, 1.54) is 36.2 Å².